The number of esters is 1. The van der Waals surface area contributed by atoms with Crippen LogP contribution in [0.5, 0.6) is 0 Å². The largest absolute Gasteiger partial charge is 0.462 e. The van der Waals surface area contributed by atoms with Gasteiger partial charge in [-0.15, -0.1) is 0 Å². The minimum atomic E-state index is 0.0159. The summed E-state index contributed by atoms with van der Waals surface area (Å²) in [6.45, 7) is 4.37. The first kappa shape index (κ1) is 24.2. The summed E-state index contributed by atoms with van der Waals surface area (Å²) in [6, 6.07) is 0. The molecule has 158 valence electrons. The van der Waals surface area contributed by atoms with Gasteiger partial charge in [-0.2, -0.15) is 0 Å². The Hall–Kier alpha value is -0.830. The fourth-order valence-electron chi connectivity index (χ4n) is 3.69. The van der Waals surface area contributed by atoms with Gasteiger partial charge in [-0.05, 0) is 52.0 Å². The summed E-state index contributed by atoms with van der Waals surface area (Å²) in [6.07, 6.45) is 24.2. The highest BCUT2D eigenvalue weighted by Gasteiger charge is 2.19. The molecule has 0 bridgehead atoms. The summed E-state index contributed by atoms with van der Waals surface area (Å²) < 4.78 is 5.58. The summed E-state index contributed by atoms with van der Waals surface area (Å²) in [5.41, 5.74) is 0. The summed E-state index contributed by atoms with van der Waals surface area (Å²) in [5, 5.41) is 0. The number of hydrogen-bond donors (Lipinski definition) is 0. The van der Waals surface area contributed by atoms with E-state index in [0.717, 1.165) is 38.8 Å². The van der Waals surface area contributed by atoms with E-state index in [1.165, 1.54) is 70.6 Å². The summed E-state index contributed by atoms with van der Waals surface area (Å²) in [4.78, 5) is 14.2. The van der Waals surface area contributed by atoms with Crippen molar-refractivity contribution in [3.8, 4) is 0 Å². The average Bonchev–Trinajstić information content (AvgIpc) is 2.66. The summed E-state index contributed by atoms with van der Waals surface area (Å²) in [7, 11) is 2.13. The molecular weight excluding hydrogens is 334 g/mol. The van der Waals surface area contributed by atoms with Crippen LogP contribution in [0.2, 0.25) is 0 Å². The Morgan fingerprint density at radius 2 is 1.37 bits per heavy atom. The molecule has 0 saturated carbocycles. The zero-order valence-corrected chi connectivity index (χ0v) is 18.2. The maximum atomic E-state index is 11.9. The van der Waals surface area contributed by atoms with Gasteiger partial charge in [0.25, 0.3) is 0 Å². The van der Waals surface area contributed by atoms with Crippen LogP contribution in [0.4, 0.5) is 0 Å². The number of likely N-dealkylation sites (tertiary alicyclic amines) is 1. The Bertz CT molecular complexity index is 373. The second-order valence-electron chi connectivity index (χ2n) is 8.33. The van der Waals surface area contributed by atoms with E-state index in [0.29, 0.717) is 6.42 Å². The number of carbonyl (C=O) groups excluding carboxylic acids is 1. The molecule has 1 fully saturated rings. The van der Waals surface area contributed by atoms with Crippen LogP contribution in [-0.4, -0.2) is 37.1 Å². The molecule has 3 nitrogen and oxygen atoms in total. The number of unbranched alkanes of at least 4 members (excludes halogenated alkanes) is 11. The quantitative estimate of drug-likeness (QED) is 0.170. The average molecular weight is 380 g/mol. The maximum absolute atomic E-state index is 11.9. The Balaban J connectivity index is 1.80. The molecule has 1 rings (SSSR count). The minimum Gasteiger partial charge on any atom is -0.462 e. The zero-order chi connectivity index (χ0) is 19.6. The molecule has 0 spiro atoms. The molecule has 1 aliphatic heterocycles. The monoisotopic (exact) mass is 379 g/mol. The Morgan fingerprint density at radius 1 is 0.852 bits per heavy atom. The van der Waals surface area contributed by atoms with Crippen LogP contribution in [0.1, 0.15) is 110 Å². The van der Waals surface area contributed by atoms with E-state index in [4.69, 9.17) is 4.74 Å². The van der Waals surface area contributed by atoms with Crippen LogP contribution < -0.4 is 0 Å². The Morgan fingerprint density at radius 3 is 1.96 bits per heavy atom. The van der Waals surface area contributed by atoms with Crippen molar-refractivity contribution in [2.75, 3.05) is 20.1 Å². The predicted molar refractivity (Wildman–Crippen MR) is 116 cm³/mol. The van der Waals surface area contributed by atoms with Crippen molar-refractivity contribution in [1.29, 1.82) is 0 Å². The highest BCUT2D eigenvalue weighted by Crippen LogP contribution is 2.14. The maximum Gasteiger partial charge on any atom is 0.306 e. The molecule has 1 heterocycles. The summed E-state index contributed by atoms with van der Waals surface area (Å²) >= 11 is 0. The van der Waals surface area contributed by atoms with Crippen molar-refractivity contribution in [3.05, 3.63) is 12.2 Å². The molecular formula is C24H45NO2. The third-order valence-corrected chi connectivity index (χ3v) is 5.61. The summed E-state index contributed by atoms with van der Waals surface area (Å²) in [5.74, 6) is 0.0159. The van der Waals surface area contributed by atoms with Gasteiger partial charge in [0.1, 0.15) is 6.10 Å². The van der Waals surface area contributed by atoms with Gasteiger partial charge < -0.3 is 9.64 Å². The van der Waals surface area contributed by atoms with Crippen LogP contribution >= 0.6 is 0 Å². The van der Waals surface area contributed by atoms with Gasteiger partial charge in [-0.1, -0.05) is 70.4 Å². The third-order valence-electron chi connectivity index (χ3n) is 5.61. The van der Waals surface area contributed by atoms with E-state index in [-0.39, 0.29) is 12.1 Å². The fourth-order valence-corrected chi connectivity index (χ4v) is 3.69. The second kappa shape index (κ2) is 17.3. The molecule has 1 saturated heterocycles. The highest BCUT2D eigenvalue weighted by atomic mass is 16.5. The standard InChI is InChI=1S/C24H45NO2/c1-3-4-5-6-7-8-9-10-11-12-13-14-15-16-17-18-24(26)27-23-19-21-25(2)22-20-23/h10-11,23H,3-9,12-22H2,1-2H3/b11-10-. The normalized spacial score (nSPS) is 16.2. The van der Waals surface area contributed by atoms with Gasteiger partial charge in [-0.25, -0.2) is 0 Å². The lowest BCUT2D eigenvalue weighted by atomic mass is 10.1. The molecule has 0 N–H and O–H groups in total. The molecule has 0 aliphatic carbocycles. The number of piperidine rings is 1. The number of nitrogens with zero attached hydrogens (tertiary/aromatic N) is 1. The molecule has 0 aromatic rings. The SMILES string of the molecule is CCCCCCCC/C=C\CCCCCCCC(=O)OC1CCN(C)CC1. The van der Waals surface area contributed by atoms with Crippen molar-refractivity contribution in [2.24, 2.45) is 0 Å². The van der Waals surface area contributed by atoms with Crippen molar-refractivity contribution in [2.45, 2.75) is 116 Å². The van der Waals surface area contributed by atoms with Crippen molar-refractivity contribution in [3.63, 3.8) is 0 Å². The molecule has 0 aromatic heterocycles. The number of rotatable bonds is 16. The lowest BCUT2D eigenvalue weighted by molar-refractivity contribution is -0.151. The van der Waals surface area contributed by atoms with E-state index < -0.39 is 0 Å². The molecule has 0 radical (unpaired) electrons. The van der Waals surface area contributed by atoms with Gasteiger partial charge in [0, 0.05) is 19.5 Å². The van der Waals surface area contributed by atoms with Crippen molar-refractivity contribution < 1.29 is 9.53 Å². The molecule has 3 heteroatoms. The van der Waals surface area contributed by atoms with E-state index >= 15 is 0 Å². The van der Waals surface area contributed by atoms with Gasteiger partial charge in [0.15, 0.2) is 0 Å². The topological polar surface area (TPSA) is 29.5 Å². The van der Waals surface area contributed by atoms with Crippen molar-refractivity contribution >= 4 is 5.97 Å². The number of ether oxygens (including phenoxy) is 1. The van der Waals surface area contributed by atoms with Crippen molar-refractivity contribution in [1.82, 2.24) is 4.90 Å². The zero-order valence-electron chi connectivity index (χ0n) is 18.2. The number of allylic oxidation sites excluding steroid dienone is 2. The lowest BCUT2D eigenvalue weighted by Crippen LogP contribution is -2.35. The van der Waals surface area contributed by atoms with Gasteiger partial charge in [0.05, 0.1) is 0 Å². The van der Waals surface area contributed by atoms with Gasteiger partial charge in [0.2, 0.25) is 0 Å². The molecule has 0 atom stereocenters. The van der Waals surface area contributed by atoms with Crippen LogP contribution in [0.25, 0.3) is 0 Å². The molecule has 0 unspecified atom stereocenters. The highest BCUT2D eigenvalue weighted by molar-refractivity contribution is 5.69. The van der Waals surface area contributed by atoms with E-state index in [1.54, 1.807) is 0 Å². The minimum absolute atomic E-state index is 0.0159. The van der Waals surface area contributed by atoms with Crippen LogP contribution in [-0.2, 0) is 9.53 Å². The van der Waals surface area contributed by atoms with Crippen LogP contribution in [0.3, 0.4) is 0 Å². The van der Waals surface area contributed by atoms with E-state index in [2.05, 4.69) is 31.0 Å². The second-order valence-corrected chi connectivity index (χ2v) is 8.33. The Kier molecular flexibility index (Phi) is 15.5. The number of hydrogen-bond acceptors (Lipinski definition) is 3. The fraction of sp³-hybridized carbons (Fsp3) is 0.875. The van der Waals surface area contributed by atoms with Crippen LogP contribution in [0, 0.1) is 0 Å². The number of carbonyl (C=O) groups is 1. The lowest BCUT2D eigenvalue weighted by Gasteiger charge is -2.28. The van der Waals surface area contributed by atoms with Crippen LogP contribution in [0.15, 0.2) is 12.2 Å². The molecule has 27 heavy (non-hydrogen) atoms. The first-order valence-corrected chi connectivity index (χ1v) is 11.8. The predicted octanol–water partition coefficient (Wildman–Crippen LogP) is 6.66. The third kappa shape index (κ3) is 14.8. The van der Waals surface area contributed by atoms with E-state index in [9.17, 15) is 4.79 Å². The van der Waals surface area contributed by atoms with Gasteiger partial charge >= 0.3 is 5.97 Å². The van der Waals surface area contributed by atoms with E-state index in [1.807, 2.05) is 0 Å². The first-order valence-electron chi connectivity index (χ1n) is 11.8. The van der Waals surface area contributed by atoms with Gasteiger partial charge in [-0.3, -0.25) is 4.79 Å². The Labute approximate surface area is 168 Å². The molecule has 0 amide bonds. The first-order chi connectivity index (χ1) is 13.2. The smallest absolute Gasteiger partial charge is 0.306 e. The molecule has 1 aliphatic rings. The molecule has 0 aromatic carbocycles.